The minimum atomic E-state index is -3.93. The molecule has 0 radical (unpaired) electrons. The van der Waals surface area contributed by atoms with Crippen molar-refractivity contribution in [3.8, 4) is 0 Å². The molecule has 4 atom stereocenters. The SMILES string of the molecule is CC1(C2C3CC3C2C(F)(F)F)CCC1. The molecule has 4 unspecified atom stereocenters. The Hall–Kier alpha value is -0.210. The van der Waals surface area contributed by atoms with Gasteiger partial charge in [-0.1, -0.05) is 13.3 Å². The molecule has 3 rings (SSSR count). The summed E-state index contributed by atoms with van der Waals surface area (Å²) in [5, 5.41) is 0. The molecule has 0 nitrogen and oxygen atoms in total. The van der Waals surface area contributed by atoms with Crippen LogP contribution in [0.4, 0.5) is 13.2 Å². The summed E-state index contributed by atoms with van der Waals surface area (Å²) in [6.07, 6.45) is 0.0985. The van der Waals surface area contributed by atoms with Crippen molar-refractivity contribution >= 4 is 0 Å². The molecule has 0 aromatic carbocycles. The molecule has 0 saturated heterocycles. The first-order valence-corrected chi connectivity index (χ1v) is 5.50. The summed E-state index contributed by atoms with van der Waals surface area (Å²) in [4.78, 5) is 0. The molecule has 14 heavy (non-hydrogen) atoms. The van der Waals surface area contributed by atoms with Crippen molar-refractivity contribution in [1.82, 2.24) is 0 Å². The Morgan fingerprint density at radius 3 is 2.21 bits per heavy atom. The monoisotopic (exact) mass is 204 g/mol. The smallest absolute Gasteiger partial charge is 0.171 e. The lowest BCUT2D eigenvalue weighted by Gasteiger charge is -2.53. The van der Waals surface area contributed by atoms with E-state index in [0.717, 1.165) is 25.7 Å². The molecular weight excluding hydrogens is 189 g/mol. The van der Waals surface area contributed by atoms with Gasteiger partial charge in [0, 0.05) is 0 Å². The summed E-state index contributed by atoms with van der Waals surface area (Å²) in [5.41, 5.74) is 0.0395. The maximum Gasteiger partial charge on any atom is 0.392 e. The highest BCUT2D eigenvalue weighted by molar-refractivity contribution is 5.16. The van der Waals surface area contributed by atoms with Crippen LogP contribution < -0.4 is 0 Å². The van der Waals surface area contributed by atoms with Crippen molar-refractivity contribution in [2.45, 2.75) is 38.8 Å². The summed E-state index contributed by atoms with van der Waals surface area (Å²) < 4.78 is 38.2. The molecule has 0 aliphatic heterocycles. The third-order valence-electron chi connectivity index (χ3n) is 4.88. The van der Waals surface area contributed by atoms with Gasteiger partial charge in [0.25, 0.3) is 0 Å². The maximum atomic E-state index is 12.7. The zero-order chi connectivity index (χ0) is 10.1. The minimum absolute atomic E-state index is 0.0115. The van der Waals surface area contributed by atoms with E-state index in [9.17, 15) is 13.2 Å². The van der Waals surface area contributed by atoms with Gasteiger partial charge in [-0.25, -0.2) is 0 Å². The largest absolute Gasteiger partial charge is 0.392 e. The Bertz CT molecular complexity index is 264. The molecule has 3 fully saturated rings. The van der Waals surface area contributed by atoms with E-state index in [1.54, 1.807) is 0 Å². The number of halogens is 3. The second-order valence-corrected chi connectivity index (χ2v) is 5.66. The molecule has 0 heterocycles. The van der Waals surface area contributed by atoms with E-state index < -0.39 is 12.1 Å². The molecule has 0 amide bonds. The number of fused-ring (bicyclic) bond motifs is 1. The summed E-state index contributed by atoms with van der Waals surface area (Å²) in [6.45, 7) is 2.06. The average molecular weight is 204 g/mol. The van der Waals surface area contributed by atoms with Gasteiger partial charge in [-0.05, 0) is 42.4 Å². The lowest BCUT2D eigenvalue weighted by molar-refractivity contribution is -0.241. The van der Waals surface area contributed by atoms with Crippen molar-refractivity contribution in [2.24, 2.45) is 29.1 Å². The van der Waals surface area contributed by atoms with Crippen LogP contribution in [0.5, 0.6) is 0 Å². The summed E-state index contributed by atoms with van der Waals surface area (Å²) in [5.74, 6) is -0.525. The molecule has 0 aromatic rings. The second-order valence-electron chi connectivity index (χ2n) is 5.66. The molecule has 80 valence electrons. The van der Waals surface area contributed by atoms with Crippen molar-refractivity contribution in [3.05, 3.63) is 0 Å². The van der Waals surface area contributed by atoms with Crippen molar-refractivity contribution in [2.75, 3.05) is 0 Å². The maximum absolute atomic E-state index is 12.7. The molecule has 0 spiro atoms. The number of hydrogen-bond donors (Lipinski definition) is 0. The zero-order valence-electron chi connectivity index (χ0n) is 8.27. The van der Waals surface area contributed by atoms with Gasteiger partial charge in [-0.2, -0.15) is 13.2 Å². The fourth-order valence-electron chi connectivity index (χ4n) is 3.91. The Balaban J connectivity index is 1.80. The Labute approximate surface area is 81.9 Å². The van der Waals surface area contributed by atoms with E-state index in [1.807, 2.05) is 0 Å². The topological polar surface area (TPSA) is 0 Å². The number of rotatable bonds is 1. The minimum Gasteiger partial charge on any atom is -0.171 e. The molecule has 3 aliphatic carbocycles. The molecule has 0 N–H and O–H groups in total. The number of hydrogen-bond acceptors (Lipinski definition) is 0. The first-order chi connectivity index (χ1) is 6.43. The number of alkyl halides is 3. The standard InChI is InChI=1S/C11H15F3/c1-10(3-2-4-10)8-6-5-7(6)9(8)11(12,13)14/h6-9H,2-5H2,1H3. The van der Waals surface area contributed by atoms with Crippen LogP contribution in [0.1, 0.15) is 32.6 Å². The predicted octanol–water partition coefficient (Wildman–Crippen LogP) is 3.62. The van der Waals surface area contributed by atoms with Gasteiger partial charge in [0.1, 0.15) is 0 Å². The summed E-state index contributed by atoms with van der Waals surface area (Å²) in [7, 11) is 0. The van der Waals surface area contributed by atoms with E-state index in [4.69, 9.17) is 0 Å². The summed E-state index contributed by atoms with van der Waals surface area (Å²) >= 11 is 0. The van der Waals surface area contributed by atoms with Crippen LogP contribution in [-0.4, -0.2) is 6.18 Å². The fourth-order valence-corrected chi connectivity index (χ4v) is 3.91. The van der Waals surface area contributed by atoms with Gasteiger partial charge in [0.2, 0.25) is 0 Å². The van der Waals surface area contributed by atoms with Crippen molar-refractivity contribution < 1.29 is 13.2 Å². The lowest BCUT2D eigenvalue weighted by atomic mass is 9.52. The third kappa shape index (κ3) is 0.961. The van der Waals surface area contributed by atoms with E-state index in [2.05, 4.69) is 6.92 Å². The summed E-state index contributed by atoms with van der Waals surface area (Å²) in [6, 6.07) is 0. The quantitative estimate of drug-likeness (QED) is 0.612. The highest BCUT2D eigenvalue weighted by atomic mass is 19.4. The second kappa shape index (κ2) is 2.30. The average Bonchev–Trinajstić information content (AvgIpc) is 2.56. The van der Waals surface area contributed by atoms with Crippen LogP contribution in [0, 0.1) is 29.1 Å². The lowest BCUT2D eigenvalue weighted by Crippen LogP contribution is -2.51. The van der Waals surface area contributed by atoms with Crippen LogP contribution in [0.25, 0.3) is 0 Å². The van der Waals surface area contributed by atoms with Gasteiger partial charge in [0.15, 0.2) is 0 Å². The zero-order valence-corrected chi connectivity index (χ0v) is 8.27. The third-order valence-corrected chi connectivity index (χ3v) is 4.88. The van der Waals surface area contributed by atoms with E-state index in [1.165, 1.54) is 0 Å². The highest BCUT2D eigenvalue weighted by Crippen LogP contribution is 2.75. The molecule has 3 heteroatoms. The Kier molecular flexibility index (Phi) is 1.49. The van der Waals surface area contributed by atoms with E-state index in [0.29, 0.717) is 5.92 Å². The van der Waals surface area contributed by atoms with Crippen LogP contribution >= 0.6 is 0 Å². The van der Waals surface area contributed by atoms with Crippen molar-refractivity contribution in [1.29, 1.82) is 0 Å². The fraction of sp³-hybridized carbons (Fsp3) is 1.00. The van der Waals surface area contributed by atoms with Crippen LogP contribution in [0.15, 0.2) is 0 Å². The van der Waals surface area contributed by atoms with Gasteiger partial charge in [0.05, 0.1) is 5.92 Å². The first-order valence-electron chi connectivity index (χ1n) is 5.50. The molecule has 3 aliphatic rings. The van der Waals surface area contributed by atoms with E-state index in [-0.39, 0.29) is 17.3 Å². The van der Waals surface area contributed by atoms with Gasteiger partial charge in [-0.3, -0.25) is 0 Å². The van der Waals surface area contributed by atoms with Gasteiger partial charge in [-0.15, -0.1) is 0 Å². The Morgan fingerprint density at radius 1 is 1.14 bits per heavy atom. The normalized spacial score (nSPS) is 48.9. The molecule has 0 bridgehead atoms. The highest BCUT2D eigenvalue weighted by Gasteiger charge is 2.73. The van der Waals surface area contributed by atoms with Crippen LogP contribution in [-0.2, 0) is 0 Å². The van der Waals surface area contributed by atoms with Crippen molar-refractivity contribution in [3.63, 3.8) is 0 Å². The van der Waals surface area contributed by atoms with Gasteiger partial charge < -0.3 is 0 Å². The molecule has 3 saturated carbocycles. The predicted molar refractivity (Wildman–Crippen MR) is 46.6 cm³/mol. The van der Waals surface area contributed by atoms with Gasteiger partial charge >= 0.3 is 6.18 Å². The molecule has 0 aromatic heterocycles. The first kappa shape index (κ1) is 9.05. The van der Waals surface area contributed by atoms with E-state index >= 15 is 0 Å². The van der Waals surface area contributed by atoms with Crippen LogP contribution in [0.3, 0.4) is 0 Å². The molecular formula is C11H15F3. The Morgan fingerprint density at radius 2 is 1.79 bits per heavy atom. The van der Waals surface area contributed by atoms with Crippen LogP contribution in [0.2, 0.25) is 0 Å².